The number of carbonyl (C=O) groups is 1. The third kappa shape index (κ3) is 3.22. The molecule has 1 amide bonds. The van der Waals surface area contributed by atoms with Crippen molar-refractivity contribution in [2.45, 2.75) is 26.7 Å². The summed E-state index contributed by atoms with van der Waals surface area (Å²) in [6, 6.07) is 4.07. The quantitative estimate of drug-likeness (QED) is 0.818. The van der Waals surface area contributed by atoms with Crippen molar-refractivity contribution in [3.63, 3.8) is 0 Å². The largest absolute Gasteiger partial charge is 0.392 e. The van der Waals surface area contributed by atoms with Crippen LogP contribution in [-0.2, 0) is 4.79 Å². The number of nitrogens with two attached hydrogens (primary N) is 1. The minimum absolute atomic E-state index is 0.00425. The maximum absolute atomic E-state index is 13.3. The van der Waals surface area contributed by atoms with E-state index >= 15 is 0 Å². The Morgan fingerprint density at radius 1 is 1.47 bits per heavy atom. The van der Waals surface area contributed by atoms with Gasteiger partial charge in [-0.2, -0.15) is 0 Å². The van der Waals surface area contributed by atoms with Gasteiger partial charge < -0.3 is 11.1 Å². The van der Waals surface area contributed by atoms with Gasteiger partial charge in [0.25, 0.3) is 0 Å². The van der Waals surface area contributed by atoms with E-state index < -0.39 is 11.2 Å². The standard InChI is InChI=1S/C13H16ClFN2OS/c1-3-13(4-2,11(16)19)12(18)17-8-5-6-9(14)10(15)7-8/h5-7H,3-4H2,1-2H3,(H2,16,19)(H,17,18). The highest BCUT2D eigenvalue weighted by Gasteiger charge is 2.38. The summed E-state index contributed by atoms with van der Waals surface area (Å²) in [6.45, 7) is 3.68. The van der Waals surface area contributed by atoms with Crippen molar-refractivity contribution in [2.75, 3.05) is 5.32 Å². The Balaban J connectivity index is 3.00. The van der Waals surface area contributed by atoms with Gasteiger partial charge in [-0.15, -0.1) is 0 Å². The summed E-state index contributed by atoms with van der Waals surface area (Å²) >= 11 is 10.6. The van der Waals surface area contributed by atoms with E-state index in [0.717, 1.165) is 6.07 Å². The molecule has 0 aromatic heterocycles. The molecule has 0 aliphatic carbocycles. The van der Waals surface area contributed by atoms with Crippen molar-refractivity contribution in [3.05, 3.63) is 29.0 Å². The molecule has 104 valence electrons. The van der Waals surface area contributed by atoms with Crippen LogP contribution in [0, 0.1) is 11.2 Å². The zero-order valence-electron chi connectivity index (χ0n) is 10.8. The molecular weight excluding hydrogens is 287 g/mol. The van der Waals surface area contributed by atoms with Gasteiger partial charge in [0.2, 0.25) is 5.91 Å². The SMILES string of the molecule is CCC(CC)(C(=O)Nc1ccc(Cl)c(F)c1)C(N)=S. The Bertz CT molecular complexity index is 503. The first kappa shape index (κ1) is 15.9. The van der Waals surface area contributed by atoms with Gasteiger partial charge in [-0.25, -0.2) is 4.39 Å². The van der Waals surface area contributed by atoms with E-state index in [1.165, 1.54) is 12.1 Å². The van der Waals surface area contributed by atoms with Crippen LogP contribution in [0.15, 0.2) is 18.2 Å². The summed E-state index contributed by atoms with van der Waals surface area (Å²) in [5, 5.41) is 2.63. The Labute approximate surface area is 122 Å². The van der Waals surface area contributed by atoms with Crippen LogP contribution >= 0.6 is 23.8 Å². The summed E-state index contributed by atoms with van der Waals surface area (Å²) in [5.74, 6) is -0.917. The molecule has 0 spiro atoms. The molecule has 0 radical (unpaired) electrons. The lowest BCUT2D eigenvalue weighted by molar-refractivity contribution is -0.122. The van der Waals surface area contributed by atoms with Gasteiger partial charge in [-0.05, 0) is 31.0 Å². The smallest absolute Gasteiger partial charge is 0.237 e. The number of amides is 1. The number of hydrogen-bond acceptors (Lipinski definition) is 2. The van der Waals surface area contributed by atoms with Crippen LogP contribution in [0.25, 0.3) is 0 Å². The fourth-order valence-electron chi connectivity index (χ4n) is 1.86. The predicted molar refractivity (Wildman–Crippen MR) is 79.8 cm³/mol. The highest BCUT2D eigenvalue weighted by atomic mass is 35.5. The summed E-state index contributed by atoms with van der Waals surface area (Å²) < 4.78 is 13.3. The van der Waals surface area contributed by atoms with Crippen LogP contribution < -0.4 is 11.1 Å². The van der Waals surface area contributed by atoms with Crippen LogP contribution in [0.3, 0.4) is 0 Å². The minimum Gasteiger partial charge on any atom is -0.392 e. The molecule has 1 aromatic carbocycles. The van der Waals surface area contributed by atoms with Crippen LogP contribution in [-0.4, -0.2) is 10.9 Å². The van der Waals surface area contributed by atoms with E-state index in [9.17, 15) is 9.18 Å². The number of halogens is 2. The van der Waals surface area contributed by atoms with Gasteiger partial charge in [0.15, 0.2) is 0 Å². The molecule has 0 saturated carbocycles. The molecule has 0 heterocycles. The molecule has 0 aliphatic heterocycles. The molecule has 3 nitrogen and oxygen atoms in total. The number of hydrogen-bond donors (Lipinski definition) is 2. The van der Waals surface area contributed by atoms with E-state index in [2.05, 4.69) is 5.32 Å². The molecule has 0 fully saturated rings. The number of benzene rings is 1. The highest BCUT2D eigenvalue weighted by molar-refractivity contribution is 7.80. The second kappa shape index (κ2) is 6.30. The molecule has 1 rings (SSSR count). The zero-order valence-corrected chi connectivity index (χ0v) is 12.4. The second-order valence-corrected chi connectivity index (χ2v) is 5.08. The molecule has 1 aromatic rings. The summed E-state index contributed by atoms with van der Waals surface area (Å²) in [7, 11) is 0. The van der Waals surface area contributed by atoms with Crippen molar-refractivity contribution < 1.29 is 9.18 Å². The molecule has 0 unspecified atom stereocenters. The zero-order chi connectivity index (χ0) is 14.6. The van der Waals surface area contributed by atoms with Gasteiger partial charge in [-0.1, -0.05) is 37.7 Å². The fraction of sp³-hybridized carbons (Fsp3) is 0.385. The number of rotatable bonds is 5. The second-order valence-electron chi connectivity index (χ2n) is 4.24. The topological polar surface area (TPSA) is 55.1 Å². The Hall–Kier alpha value is -1.20. The van der Waals surface area contributed by atoms with Crippen LogP contribution in [0.4, 0.5) is 10.1 Å². The Morgan fingerprint density at radius 2 is 2.05 bits per heavy atom. The normalized spacial score (nSPS) is 11.2. The van der Waals surface area contributed by atoms with Crippen molar-refractivity contribution in [3.8, 4) is 0 Å². The van der Waals surface area contributed by atoms with Crippen LogP contribution in [0.2, 0.25) is 5.02 Å². The number of nitrogens with one attached hydrogen (secondary N) is 1. The minimum atomic E-state index is -0.911. The van der Waals surface area contributed by atoms with Gasteiger partial charge in [0, 0.05) is 5.69 Å². The molecule has 6 heteroatoms. The average Bonchev–Trinajstić information content (AvgIpc) is 2.35. The Morgan fingerprint density at radius 3 is 2.47 bits per heavy atom. The molecular formula is C13H16ClFN2OS. The van der Waals surface area contributed by atoms with Crippen molar-refractivity contribution >= 4 is 40.4 Å². The number of anilines is 1. The molecule has 0 aliphatic rings. The fourth-order valence-corrected chi connectivity index (χ4v) is 2.36. The highest BCUT2D eigenvalue weighted by Crippen LogP contribution is 2.29. The lowest BCUT2D eigenvalue weighted by Gasteiger charge is -2.28. The van der Waals surface area contributed by atoms with E-state index in [1.54, 1.807) is 0 Å². The molecule has 0 bridgehead atoms. The summed E-state index contributed by atoms with van der Waals surface area (Å²) in [4.78, 5) is 12.4. The maximum Gasteiger partial charge on any atom is 0.237 e. The first-order valence-corrected chi connectivity index (χ1v) is 6.72. The third-order valence-electron chi connectivity index (χ3n) is 3.29. The first-order chi connectivity index (χ1) is 8.87. The summed E-state index contributed by atoms with van der Waals surface area (Å²) in [5.41, 5.74) is 5.09. The monoisotopic (exact) mass is 302 g/mol. The number of thiocarbonyl (C=S) groups is 1. The van der Waals surface area contributed by atoms with Crippen LogP contribution in [0.5, 0.6) is 0 Å². The lowest BCUT2D eigenvalue weighted by atomic mass is 9.81. The molecule has 0 atom stereocenters. The van der Waals surface area contributed by atoms with Gasteiger partial charge in [0.1, 0.15) is 5.82 Å². The average molecular weight is 303 g/mol. The van der Waals surface area contributed by atoms with Gasteiger partial charge in [0.05, 0.1) is 15.4 Å². The maximum atomic E-state index is 13.3. The van der Waals surface area contributed by atoms with E-state index in [4.69, 9.17) is 29.6 Å². The molecule has 19 heavy (non-hydrogen) atoms. The molecule has 3 N–H and O–H groups in total. The van der Waals surface area contributed by atoms with Gasteiger partial charge >= 0.3 is 0 Å². The van der Waals surface area contributed by atoms with E-state index in [1.807, 2.05) is 13.8 Å². The molecule has 0 saturated heterocycles. The van der Waals surface area contributed by atoms with Gasteiger partial charge in [-0.3, -0.25) is 4.79 Å². The number of carbonyl (C=O) groups excluding carboxylic acids is 1. The third-order valence-corrected chi connectivity index (χ3v) is 3.99. The Kier molecular flexibility index (Phi) is 5.26. The predicted octanol–water partition coefficient (Wildman–Crippen LogP) is 3.51. The van der Waals surface area contributed by atoms with Crippen molar-refractivity contribution in [2.24, 2.45) is 11.1 Å². The van der Waals surface area contributed by atoms with Crippen LogP contribution in [0.1, 0.15) is 26.7 Å². The summed E-state index contributed by atoms with van der Waals surface area (Å²) in [6.07, 6.45) is 0.974. The van der Waals surface area contributed by atoms with E-state index in [-0.39, 0.29) is 15.9 Å². The van der Waals surface area contributed by atoms with Crippen molar-refractivity contribution in [1.29, 1.82) is 0 Å². The first-order valence-electron chi connectivity index (χ1n) is 5.93. The lowest BCUT2D eigenvalue weighted by Crippen LogP contribution is -2.45. The van der Waals surface area contributed by atoms with E-state index in [0.29, 0.717) is 18.5 Å². The van der Waals surface area contributed by atoms with Crippen molar-refractivity contribution in [1.82, 2.24) is 0 Å².